The first kappa shape index (κ1) is 47.4. The molecule has 0 unspecified atom stereocenters. The molecular formula is C49H88F6O4Si4. The van der Waals surface area contributed by atoms with Gasteiger partial charge in [0.2, 0.25) is 0 Å². The van der Waals surface area contributed by atoms with E-state index in [4.69, 9.17) is 25.9 Å². The lowest BCUT2D eigenvalue weighted by molar-refractivity contribution is -0.336. The number of fused-ring (bicyclic) bond motifs is 1. The average Bonchev–Trinajstić information content (AvgIpc) is 3.45. The molecule has 0 aliphatic heterocycles. The van der Waals surface area contributed by atoms with Crippen molar-refractivity contribution < 1.29 is 52.3 Å². The normalized spacial score (nSPS) is 28.2. The zero-order valence-corrected chi connectivity index (χ0v) is 45.9. The second kappa shape index (κ2) is 19.7. The third kappa shape index (κ3) is 14.9. The van der Waals surface area contributed by atoms with Gasteiger partial charge in [0.05, 0.1) is 17.8 Å². The van der Waals surface area contributed by atoms with Crippen LogP contribution in [-0.4, -0.2) is 69.0 Å². The van der Waals surface area contributed by atoms with Gasteiger partial charge in [-0.1, -0.05) is 84.1 Å². The van der Waals surface area contributed by atoms with Crippen molar-refractivity contribution >= 4 is 33.3 Å². The largest absolute Gasteiger partial charge is 0.437 e. The van der Waals surface area contributed by atoms with E-state index in [1.165, 1.54) is 30.8 Å². The van der Waals surface area contributed by atoms with Gasteiger partial charge < -0.3 is 17.7 Å². The molecule has 0 amide bonds. The minimum atomic E-state index is -5.89. The summed E-state index contributed by atoms with van der Waals surface area (Å²) in [5.41, 5.74) is -5.13. The van der Waals surface area contributed by atoms with Gasteiger partial charge in [0.25, 0.3) is 0 Å². The standard InChI is InChI=1S/C49H88F6O4Si4/c1-43(2,3)62(16,17)56-39-33-36(34-40(35-39)57-63(18,19)44(4,5)6)26-27-38-24-21-31-46(9)41(28-29-42(38)46)37(23-20-30-45(7,8)58-60(10,11)12)25-22-32-47(48(50,51)52,49(53,54)55)59-61(13,14)15/h26-27,37,39-42H,20-21,23-25,28-31,33-35H2,1-19H3/b38-27+/t37-,39-,40-,41-,42+,46-/m1/s1/i7D3,8D3. The first-order chi connectivity index (χ1) is 30.5. The highest BCUT2D eigenvalue weighted by molar-refractivity contribution is 6.74. The Hall–Kier alpha value is -0.672. The zero-order valence-electron chi connectivity index (χ0n) is 47.9. The summed E-state index contributed by atoms with van der Waals surface area (Å²) in [7, 11) is -10.6. The molecule has 63 heavy (non-hydrogen) atoms. The molecule has 3 saturated carbocycles. The summed E-state index contributed by atoms with van der Waals surface area (Å²) in [5, 5.41) is 0.0525. The molecular weight excluding hydrogens is 879 g/mol. The Morgan fingerprint density at radius 1 is 0.762 bits per heavy atom. The number of hydrogen-bond acceptors (Lipinski definition) is 4. The second-order valence-corrected chi connectivity index (χ2v) is 42.8. The van der Waals surface area contributed by atoms with E-state index in [1.54, 1.807) is 25.6 Å². The number of halogens is 6. The maximum atomic E-state index is 14.7. The SMILES string of the molecule is [2H]C([2H])([2H])C(CCC[C@H](CC#CC(O[Si](C)(C)C)(C(F)(F)F)C(F)(F)F)[C@H]1CC[C@H]2/C(=C/C=C3C[C@@H](O[Si](C)(C)C(C)(C)C)C[C@H](O[Si](C)(C)C(C)(C)C)C3)CCC[C@]12C)(O[Si](C)(C)C)C([2H])([2H])[2H]. The molecule has 3 aliphatic carbocycles. The lowest BCUT2D eigenvalue weighted by Gasteiger charge is -2.45. The molecule has 0 radical (unpaired) electrons. The monoisotopic (exact) mass is 973 g/mol. The minimum absolute atomic E-state index is 0.00323. The Morgan fingerprint density at radius 2 is 1.27 bits per heavy atom. The molecule has 366 valence electrons. The molecule has 6 atom stereocenters. The molecule has 0 aromatic rings. The molecule has 14 heteroatoms. The van der Waals surface area contributed by atoms with Gasteiger partial charge in [0.15, 0.2) is 33.3 Å². The second-order valence-electron chi connectivity index (χ2n) is 24.4. The van der Waals surface area contributed by atoms with E-state index in [9.17, 15) is 26.3 Å². The van der Waals surface area contributed by atoms with Gasteiger partial charge in [-0.05, 0) is 183 Å². The van der Waals surface area contributed by atoms with Crippen LogP contribution in [0.25, 0.3) is 0 Å². The summed E-state index contributed by atoms with van der Waals surface area (Å²) < 4.78 is 164. The van der Waals surface area contributed by atoms with Gasteiger partial charge in [-0.3, -0.25) is 0 Å². The number of rotatable bonds is 15. The fraction of sp³-hybridized carbons (Fsp3) is 0.878. The van der Waals surface area contributed by atoms with E-state index in [-0.39, 0.29) is 53.4 Å². The molecule has 0 spiro atoms. The minimum Gasteiger partial charge on any atom is -0.414 e. The predicted octanol–water partition coefficient (Wildman–Crippen LogP) is 16.5. The third-order valence-electron chi connectivity index (χ3n) is 14.7. The van der Waals surface area contributed by atoms with E-state index < -0.39 is 88.3 Å². The van der Waals surface area contributed by atoms with E-state index in [1.807, 2.05) is 0 Å². The van der Waals surface area contributed by atoms with E-state index in [0.717, 1.165) is 44.9 Å². The highest BCUT2D eigenvalue weighted by Crippen LogP contribution is 2.61. The van der Waals surface area contributed by atoms with Crippen LogP contribution in [0.3, 0.4) is 0 Å². The molecule has 0 saturated heterocycles. The van der Waals surface area contributed by atoms with Gasteiger partial charge in [-0.2, -0.15) is 26.3 Å². The highest BCUT2D eigenvalue weighted by Gasteiger charge is 2.73. The van der Waals surface area contributed by atoms with Crippen LogP contribution in [-0.2, 0) is 17.7 Å². The first-order valence-electron chi connectivity index (χ1n) is 26.3. The zero-order chi connectivity index (χ0) is 53.7. The van der Waals surface area contributed by atoms with Crippen LogP contribution in [0.2, 0.25) is 75.5 Å². The molecule has 0 heterocycles. The third-order valence-corrected chi connectivity index (χ3v) is 25.6. The van der Waals surface area contributed by atoms with Crippen molar-refractivity contribution in [2.75, 3.05) is 0 Å². The van der Waals surface area contributed by atoms with E-state index in [0.29, 0.717) is 6.42 Å². The van der Waals surface area contributed by atoms with Crippen LogP contribution in [0, 0.1) is 35.0 Å². The summed E-state index contributed by atoms with van der Waals surface area (Å²) in [6.45, 7) is 27.4. The summed E-state index contributed by atoms with van der Waals surface area (Å²) in [6.07, 6.45) is -1.74. The fourth-order valence-corrected chi connectivity index (χ4v) is 14.8. The van der Waals surface area contributed by atoms with Crippen LogP contribution in [0.1, 0.15) is 147 Å². The van der Waals surface area contributed by atoms with Crippen molar-refractivity contribution in [3.8, 4) is 11.8 Å². The summed E-state index contributed by atoms with van der Waals surface area (Å²) in [4.78, 5) is 0. The molecule has 0 bridgehead atoms. The van der Waals surface area contributed by atoms with Crippen molar-refractivity contribution in [1.29, 1.82) is 0 Å². The van der Waals surface area contributed by atoms with Crippen molar-refractivity contribution in [3.63, 3.8) is 0 Å². The summed E-state index contributed by atoms with van der Waals surface area (Å²) in [6, 6.07) is 0. The van der Waals surface area contributed by atoms with Crippen LogP contribution >= 0.6 is 0 Å². The molecule has 4 nitrogen and oxygen atoms in total. The van der Waals surface area contributed by atoms with Crippen LogP contribution in [0.15, 0.2) is 23.3 Å². The Kier molecular flexibility index (Phi) is 14.9. The summed E-state index contributed by atoms with van der Waals surface area (Å²) in [5.74, 6) is 3.21. The van der Waals surface area contributed by atoms with Gasteiger partial charge >= 0.3 is 18.0 Å². The van der Waals surface area contributed by atoms with Crippen molar-refractivity contribution in [2.24, 2.45) is 23.2 Å². The smallest absolute Gasteiger partial charge is 0.414 e. The maximum Gasteiger partial charge on any atom is 0.437 e. The first-order valence-corrected chi connectivity index (χ1v) is 36.0. The van der Waals surface area contributed by atoms with Crippen molar-refractivity contribution in [1.82, 2.24) is 0 Å². The van der Waals surface area contributed by atoms with E-state index in [2.05, 4.69) is 92.7 Å². The number of hydrogen-bond donors (Lipinski definition) is 0. The van der Waals surface area contributed by atoms with Gasteiger partial charge in [-0.25, -0.2) is 0 Å². The van der Waals surface area contributed by atoms with Gasteiger partial charge in [0.1, 0.15) is 0 Å². The van der Waals surface area contributed by atoms with Crippen molar-refractivity contribution in [3.05, 3.63) is 23.3 Å². The van der Waals surface area contributed by atoms with Crippen LogP contribution in [0.5, 0.6) is 0 Å². The quantitative estimate of drug-likeness (QED) is 0.0931. The average molecular weight is 974 g/mol. The topological polar surface area (TPSA) is 36.9 Å². The molecule has 3 rings (SSSR count). The Morgan fingerprint density at radius 3 is 1.71 bits per heavy atom. The molecule has 3 fully saturated rings. The van der Waals surface area contributed by atoms with Crippen LogP contribution < -0.4 is 0 Å². The van der Waals surface area contributed by atoms with Gasteiger partial charge in [-0.15, -0.1) is 0 Å². The Labute approximate surface area is 393 Å². The number of allylic oxidation sites excluding steroid dienone is 3. The Balaban J connectivity index is 2.14. The lowest BCUT2D eigenvalue weighted by Crippen LogP contribution is -2.61. The summed E-state index contributed by atoms with van der Waals surface area (Å²) >= 11 is 0. The highest BCUT2D eigenvalue weighted by atomic mass is 28.4. The predicted molar refractivity (Wildman–Crippen MR) is 260 cm³/mol. The van der Waals surface area contributed by atoms with E-state index >= 15 is 0 Å². The van der Waals surface area contributed by atoms with Gasteiger partial charge in [0, 0.05) is 14.6 Å². The maximum absolute atomic E-state index is 14.7. The molecule has 0 aromatic heterocycles. The van der Waals surface area contributed by atoms with Crippen LogP contribution in [0.4, 0.5) is 26.3 Å². The number of alkyl halides is 6. The lowest BCUT2D eigenvalue weighted by atomic mass is 9.60. The molecule has 0 N–H and O–H groups in total. The fourth-order valence-electron chi connectivity index (χ4n) is 9.75. The molecule has 3 aliphatic rings. The molecule has 0 aromatic carbocycles. The Bertz CT molecular complexity index is 1810. The van der Waals surface area contributed by atoms with Crippen molar-refractivity contribution in [2.45, 2.75) is 251 Å².